The number of nitrogens with one attached hydrogen (secondary N) is 1. The van der Waals surface area contributed by atoms with Gasteiger partial charge in [-0.05, 0) is 31.6 Å². The Bertz CT molecular complexity index is 228. The van der Waals surface area contributed by atoms with Crippen molar-refractivity contribution >= 4 is 0 Å². The Balaban J connectivity index is 1.84. The first-order valence-corrected chi connectivity index (χ1v) is 7.35. The number of hydrogen-bond acceptors (Lipinski definition) is 3. The average Bonchev–Trinajstić information content (AvgIpc) is 2.90. The fraction of sp³-hybridized carbons (Fsp3) is 1.00. The lowest BCUT2D eigenvalue weighted by Crippen LogP contribution is -2.55. The minimum Gasteiger partial charge on any atom is -0.377 e. The molecule has 0 aromatic carbocycles. The van der Waals surface area contributed by atoms with Gasteiger partial charge in [0, 0.05) is 25.2 Å². The molecule has 0 bridgehead atoms. The van der Waals surface area contributed by atoms with Crippen LogP contribution >= 0.6 is 0 Å². The first kappa shape index (κ1) is 13.3. The summed E-state index contributed by atoms with van der Waals surface area (Å²) in [4.78, 5) is 0. The molecule has 3 N–H and O–H groups in total. The quantitative estimate of drug-likeness (QED) is 0.773. The van der Waals surface area contributed by atoms with Gasteiger partial charge < -0.3 is 15.8 Å². The smallest absolute Gasteiger partial charge is 0.0700 e. The number of ether oxygens (including phenoxy) is 1. The topological polar surface area (TPSA) is 47.3 Å². The molecule has 100 valence electrons. The number of nitrogens with two attached hydrogens (primary N) is 1. The largest absolute Gasteiger partial charge is 0.377 e. The lowest BCUT2D eigenvalue weighted by Gasteiger charge is -2.41. The summed E-state index contributed by atoms with van der Waals surface area (Å²) in [6.07, 6.45) is 9.38. The molecule has 2 fully saturated rings. The van der Waals surface area contributed by atoms with Crippen molar-refractivity contribution in [1.82, 2.24) is 5.32 Å². The van der Waals surface area contributed by atoms with Crippen LogP contribution in [0, 0.1) is 5.92 Å². The Hall–Kier alpha value is -0.120. The van der Waals surface area contributed by atoms with E-state index >= 15 is 0 Å². The molecule has 0 aromatic rings. The standard InChI is InChI=1S/C14H28N2O/c1-2-12-5-3-7-14(9-12,11-15)16-10-13-6-4-8-17-13/h12-13,16H,2-11,15H2,1H3. The summed E-state index contributed by atoms with van der Waals surface area (Å²) in [7, 11) is 0. The molecule has 0 amide bonds. The maximum absolute atomic E-state index is 6.04. The predicted octanol–water partition coefficient (Wildman–Crippen LogP) is 2.05. The Labute approximate surface area is 105 Å². The Morgan fingerprint density at radius 2 is 2.24 bits per heavy atom. The highest BCUT2D eigenvalue weighted by atomic mass is 16.5. The van der Waals surface area contributed by atoms with Crippen LogP contribution in [-0.2, 0) is 4.74 Å². The number of rotatable bonds is 5. The van der Waals surface area contributed by atoms with E-state index in [1.807, 2.05) is 0 Å². The van der Waals surface area contributed by atoms with Gasteiger partial charge in [0.25, 0.3) is 0 Å². The third kappa shape index (κ3) is 3.43. The average molecular weight is 240 g/mol. The molecule has 1 aliphatic carbocycles. The molecule has 3 unspecified atom stereocenters. The molecule has 3 nitrogen and oxygen atoms in total. The molecule has 1 saturated carbocycles. The van der Waals surface area contributed by atoms with Crippen molar-refractivity contribution in [2.45, 2.75) is 63.5 Å². The van der Waals surface area contributed by atoms with E-state index in [1.165, 1.54) is 44.9 Å². The summed E-state index contributed by atoms with van der Waals surface area (Å²) in [5, 5.41) is 3.74. The minimum atomic E-state index is 0.199. The van der Waals surface area contributed by atoms with Crippen molar-refractivity contribution in [3.63, 3.8) is 0 Å². The van der Waals surface area contributed by atoms with Crippen LogP contribution in [0.3, 0.4) is 0 Å². The first-order chi connectivity index (χ1) is 8.28. The lowest BCUT2D eigenvalue weighted by molar-refractivity contribution is 0.0899. The van der Waals surface area contributed by atoms with Crippen LogP contribution < -0.4 is 11.1 Å². The van der Waals surface area contributed by atoms with E-state index in [0.29, 0.717) is 6.10 Å². The van der Waals surface area contributed by atoms with Crippen molar-refractivity contribution in [3.05, 3.63) is 0 Å². The van der Waals surface area contributed by atoms with E-state index in [1.54, 1.807) is 0 Å². The Morgan fingerprint density at radius 3 is 2.88 bits per heavy atom. The fourth-order valence-corrected chi connectivity index (χ4v) is 3.39. The van der Waals surface area contributed by atoms with Crippen molar-refractivity contribution in [2.24, 2.45) is 11.7 Å². The van der Waals surface area contributed by atoms with Gasteiger partial charge in [-0.3, -0.25) is 0 Å². The molecule has 1 aliphatic heterocycles. The van der Waals surface area contributed by atoms with Crippen LogP contribution in [0.15, 0.2) is 0 Å². The molecule has 1 saturated heterocycles. The molecule has 0 aromatic heterocycles. The van der Waals surface area contributed by atoms with Crippen molar-refractivity contribution in [2.75, 3.05) is 19.7 Å². The van der Waals surface area contributed by atoms with Gasteiger partial charge in [-0.1, -0.05) is 26.2 Å². The van der Waals surface area contributed by atoms with Gasteiger partial charge in [0.15, 0.2) is 0 Å². The van der Waals surface area contributed by atoms with Gasteiger partial charge in [0.2, 0.25) is 0 Å². The summed E-state index contributed by atoms with van der Waals surface area (Å²) in [6.45, 7) is 5.01. The summed E-state index contributed by atoms with van der Waals surface area (Å²) >= 11 is 0. The summed E-state index contributed by atoms with van der Waals surface area (Å²) in [5.74, 6) is 0.865. The zero-order valence-corrected chi connectivity index (χ0v) is 11.2. The van der Waals surface area contributed by atoms with Crippen LogP contribution in [0.2, 0.25) is 0 Å². The highest BCUT2D eigenvalue weighted by Crippen LogP contribution is 2.33. The second-order valence-electron chi connectivity index (χ2n) is 5.87. The van der Waals surface area contributed by atoms with E-state index in [4.69, 9.17) is 10.5 Å². The molecule has 1 heterocycles. The van der Waals surface area contributed by atoms with E-state index in [-0.39, 0.29) is 5.54 Å². The summed E-state index contributed by atoms with van der Waals surface area (Å²) < 4.78 is 5.68. The zero-order chi connectivity index (χ0) is 12.1. The van der Waals surface area contributed by atoms with Crippen LogP contribution in [0.4, 0.5) is 0 Å². The molecule has 3 heteroatoms. The van der Waals surface area contributed by atoms with Crippen LogP contribution in [0.25, 0.3) is 0 Å². The third-order valence-corrected chi connectivity index (χ3v) is 4.64. The number of hydrogen-bond donors (Lipinski definition) is 2. The maximum atomic E-state index is 6.04. The van der Waals surface area contributed by atoms with Crippen LogP contribution in [0.1, 0.15) is 51.9 Å². The second-order valence-corrected chi connectivity index (χ2v) is 5.87. The first-order valence-electron chi connectivity index (χ1n) is 7.35. The normalized spacial score (nSPS) is 38.5. The third-order valence-electron chi connectivity index (χ3n) is 4.64. The summed E-state index contributed by atoms with van der Waals surface area (Å²) in [6, 6.07) is 0. The Kier molecular flexibility index (Phi) is 4.83. The molecule has 0 radical (unpaired) electrons. The van der Waals surface area contributed by atoms with Crippen molar-refractivity contribution < 1.29 is 4.74 Å². The van der Waals surface area contributed by atoms with Gasteiger partial charge in [-0.2, -0.15) is 0 Å². The molecule has 0 spiro atoms. The van der Waals surface area contributed by atoms with Crippen molar-refractivity contribution in [1.29, 1.82) is 0 Å². The molecule has 2 aliphatic rings. The van der Waals surface area contributed by atoms with E-state index in [0.717, 1.165) is 25.6 Å². The van der Waals surface area contributed by atoms with Gasteiger partial charge in [-0.15, -0.1) is 0 Å². The summed E-state index contributed by atoms with van der Waals surface area (Å²) in [5.41, 5.74) is 6.24. The fourth-order valence-electron chi connectivity index (χ4n) is 3.39. The van der Waals surface area contributed by atoms with Gasteiger partial charge >= 0.3 is 0 Å². The van der Waals surface area contributed by atoms with Crippen molar-refractivity contribution in [3.8, 4) is 0 Å². The highest BCUT2D eigenvalue weighted by molar-refractivity contribution is 4.95. The van der Waals surface area contributed by atoms with Crippen LogP contribution in [-0.4, -0.2) is 31.3 Å². The zero-order valence-electron chi connectivity index (χ0n) is 11.2. The van der Waals surface area contributed by atoms with Gasteiger partial charge in [0.1, 0.15) is 0 Å². The van der Waals surface area contributed by atoms with E-state index in [2.05, 4.69) is 12.2 Å². The maximum Gasteiger partial charge on any atom is 0.0700 e. The second kappa shape index (κ2) is 6.17. The van der Waals surface area contributed by atoms with Crippen LogP contribution in [0.5, 0.6) is 0 Å². The molecule has 3 atom stereocenters. The SMILES string of the molecule is CCC1CCCC(CN)(NCC2CCCO2)C1. The molecule has 17 heavy (non-hydrogen) atoms. The van der Waals surface area contributed by atoms with E-state index < -0.39 is 0 Å². The molecular weight excluding hydrogens is 212 g/mol. The predicted molar refractivity (Wildman–Crippen MR) is 71.0 cm³/mol. The Morgan fingerprint density at radius 1 is 1.35 bits per heavy atom. The molecule has 2 rings (SSSR count). The minimum absolute atomic E-state index is 0.199. The van der Waals surface area contributed by atoms with Gasteiger partial charge in [-0.25, -0.2) is 0 Å². The lowest BCUT2D eigenvalue weighted by atomic mass is 9.74. The monoisotopic (exact) mass is 240 g/mol. The highest BCUT2D eigenvalue weighted by Gasteiger charge is 2.34. The van der Waals surface area contributed by atoms with E-state index in [9.17, 15) is 0 Å². The molecular formula is C14H28N2O. The van der Waals surface area contributed by atoms with Gasteiger partial charge in [0.05, 0.1) is 6.10 Å².